The fraction of sp³-hybridized carbons (Fsp3) is 0.348. The number of likely N-dealkylation sites (tertiary alicyclic amines) is 1. The summed E-state index contributed by atoms with van der Waals surface area (Å²) in [6, 6.07) is 16.1. The molecule has 0 spiro atoms. The van der Waals surface area contributed by atoms with E-state index in [9.17, 15) is 4.79 Å². The van der Waals surface area contributed by atoms with Crippen molar-refractivity contribution in [1.82, 2.24) is 9.47 Å². The van der Waals surface area contributed by atoms with Gasteiger partial charge in [0.2, 0.25) is 0 Å². The highest BCUT2D eigenvalue weighted by molar-refractivity contribution is 6.17. The van der Waals surface area contributed by atoms with Crippen molar-refractivity contribution in [2.75, 3.05) is 27.2 Å². The van der Waals surface area contributed by atoms with Crippen molar-refractivity contribution in [2.45, 2.75) is 25.8 Å². The number of rotatable bonds is 4. The van der Waals surface area contributed by atoms with Crippen molar-refractivity contribution in [3.8, 4) is 5.75 Å². The number of hydrogen-bond donors (Lipinski definition) is 0. The minimum absolute atomic E-state index is 0. The molecule has 4 rings (SSSR count). The van der Waals surface area contributed by atoms with Gasteiger partial charge in [0.25, 0.3) is 0 Å². The Bertz CT molecular complexity index is 978. The lowest BCUT2D eigenvalue weighted by molar-refractivity contribution is 0.103. The molecule has 2 aromatic carbocycles. The fourth-order valence-electron chi connectivity index (χ4n) is 4.38. The predicted molar refractivity (Wildman–Crippen MR) is 116 cm³/mol. The van der Waals surface area contributed by atoms with Crippen LogP contribution in [0.5, 0.6) is 5.75 Å². The standard InChI is InChI=1S/C23H26N2O2.ClH/c1-16-22(23(26)17-10-12-19(27-3)13-11-17)20-8-4-5-9-21(20)25(16)18-7-6-14-24(2)15-18;/h4-5,8-13,18H,6-7,14-15H2,1-3H3;1H. The Hall–Kier alpha value is -2.30. The first-order valence-electron chi connectivity index (χ1n) is 9.57. The molecule has 0 aliphatic carbocycles. The first-order chi connectivity index (χ1) is 13.1. The van der Waals surface area contributed by atoms with Crippen LogP contribution in [0.25, 0.3) is 10.9 Å². The van der Waals surface area contributed by atoms with Crippen molar-refractivity contribution in [1.29, 1.82) is 0 Å². The van der Waals surface area contributed by atoms with E-state index in [2.05, 4.69) is 41.6 Å². The number of nitrogens with zero attached hydrogens (tertiary/aromatic N) is 2. The van der Waals surface area contributed by atoms with Crippen molar-refractivity contribution < 1.29 is 9.53 Å². The van der Waals surface area contributed by atoms with Gasteiger partial charge in [-0.05, 0) is 63.7 Å². The summed E-state index contributed by atoms with van der Waals surface area (Å²) in [5.74, 6) is 0.838. The van der Waals surface area contributed by atoms with E-state index in [0.717, 1.165) is 47.4 Å². The van der Waals surface area contributed by atoms with Crippen molar-refractivity contribution >= 4 is 29.1 Å². The molecule has 5 heteroatoms. The summed E-state index contributed by atoms with van der Waals surface area (Å²) < 4.78 is 7.61. The van der Waals surface area contributed by atoms with Crippen LogP contribution >= 0.6 is 12.4 Å². The average Bonchev–Trinajstić information content (AvgIpc) is 2.99. The maximum Gasteiger partial charge on any atom is 0.195 e. The quantitative estimate of drug-likeness (QED) is 0.587. The third-order valence-corrected chi connectivity index (χ3v) is 5.70. The van der Waals surface area contributed by atoms with Crippen LogP contribution in [0.1, 0.15) is 40.5 Å². The molecule has 1 aromatic heterocycles. The van der Waals surface area contributed by atoms with Gasteiger partial charge in [-0.1, -0.05) is 18.2 Å². The molecule has 0 saturated carbocycles. The second-order valence-corrected chi connectivity index (χ2v) is 7.46. The monoisotopic (exact) mass is 398 g/mol. The Morgan fingerprint density at radius 1 is 1.11 bits per heavy atom. The van der Waals surface area contributed by atoms with E-state index >= 15 is 0 Å². The summed E-state index contributed by atoms with van der Waals surface area (Å²) in [4.78, 5) is 15.8. The topological polar surface area (TPSA) is 34.5 Å². The van der Waals surface area contributed by atoms with Crippen LogP contribution in [0.2, 0.25) is 0 Å². The van der Waals surface area contributed by atoms with Gasteiger partial charge in [-0.25, -0.2) is 0 Å². The van der Waals surface area contributed by atoms with Crippen molar-refractivity contribution in [3.63, 3.8) is 0 Å². The molecule has 3 aromatic rings. The highest BCUT2D eigenvalue weighted by Gasteiger charge is 2.26. The van der Waals surface area contributed by atoms with Crippen molar-refractivity contribution in [2.24, 2.45) is 0 Å². The number of halogens is 1. The van der Waals surface area contributed by atoms with Gasteiger partial charge in [-0.2, -0.15) is 0 Å². The molecule has 0 bridgehead atoms. The summed E-state index contributed by atoms with van der Waals surface area (Å²) in [5, 5.41) is 1.05. The highest BCUT2D eigenvalue weighted by atomic mass is 35.5. The van der Waals surface area contributed by atoms with Gasteiger partial charge >= 0.3 is 0 Å². The second kappa shape index (κ2) is 8.38. The van der Waals surface area contributed by atoms with Gasteiger partial charge in [-0.3, -0.25) is 4.79 Å². The lowest BCUT2D eigenvalue weighted by Crippen LogP contribution is -2.33. The Morgan fingerprint density at radius 2 is 1.82 bits per heavy atom. The zero-order valence-corrected chi connectivity index (χ0v) is 17.5. The van der Waals surface area contributed by atoms with Gasteiger partial charge in [0, 0.05) is 34.7 Å². The zero-order valence-electron chi connectivity index (χ0n) is 16.6. The number of likely N-dealkylation sites (N-methyl/N-ethyl adjacent to an activating group) is 1. The molecular formula is C23H27ClN2O2. The Balaban J connectivity index is 0.00000225. The molecular weight excluding hydrogens is 372 g/mol. The zero-order chi connectivity index (χ0) is 19.0. The SMILES string of the molecule is COc1ccc(C(=O)c2c(C)n(C3CCCN(C)C3)c3ccccc23)cc1.Cl. The second-order valence-electron chi connectivity index (χ2n) is 7.46. The minimum atomic E-state index is 0. The molecule has 1 atom stereocenters. The maximum atomic E-state index is 13.4. The van der Waals surface area contributed by atoms with E-state index in [1.807, 2.05) is 30.3 Å². The number of aromatic nitrogens is 1. The summed E-state index contributed by atoms with van der Waals surface area (Å²) >= 11 is 0. The van der Waals surface area contributed by atoms with E-state index in [1.165, 1.54) is 6.42 Å². The maximum absolute atomic E-state index is 13.4. The van der Waals surface area contributed by atoms with Gasteiger partial charge in [0.05, 0.1) is 12.7 Å². The van der Waals surface area contributed by atoms with Gasteiger partial charge in [-0.15, -0.1) is 12.4 Å². The normalized spacial score (nSPS) is 17.3. The molecule has 28 heavy (non-hydrogen) atoms. The van der Waals surface area contributed by atoms with Crippen LogP contribution in [0.3, 0.4) is 0 Å². The smallest absolute Gasteiger partial charge is 0.195 e. The number of para-hydroxylation sites is 1. The Labute approximate surface area is 172 Å². The number of carbonyl (C=O) groups excluding carboxylic acids is 1. The number of fused-ring (bicyclic) bond motifs is 1. The molecule has 0 amide bonds. The molecule has 1 aliphatic rings. The molecule has 0 N–H and O–H groups in total. The molecule has 4 nitrogen and oxygen atoms in total. The summed E-state index contributed by atoms with van der Waals surface area (Å²) in [6.07, 6.45) is 2.34. The lowest BCUT2D eigenvalue weighted by Gasteiger charge is -2.32. The highest BCUT2D eigenvalue weighted by Crippen LogP contribution is 2.34. The van der Waals surface area contributed by atoms with Gasteiger partial charge in [0.15, 0.2) is 5.78 Å². The van der Waals surface area contributed by atoms with Gasteiger partial charge < -0.3 is 14.2 Å². The molecule has 148 valence electrons. The van der Waals surface area contributed by atoms with Crippen LogP contribution in [0.15, 0.2) is 48.5 Å². The third-order valence-electron chi connectivity index (χ3n) is 5.70. The summed E-state index contributed by atoms with van der Waals surface area (Å²) in [6.45, 7) is 4.26. The van der Waals surface area contributed by atoms with Gasteiger partial charge in [0.1, 0.15) is 5.75 Å². The lowest BCUT2D eigenvalue weighted by atomic mass is 10.0. The van der Waals surface area contributed by atoms with Crippen LogP contribution < -0.4 is 4.74 Å². The van der Waals surface area contributed by atoms with Crippen molar-refractivity contribution in [3.05, 3.63) is 65.4 Å². The Morgan fingerprint density at radius 3 is 2.50 bits per heavy atom. The number of benzene rings is 2. The number of hydrogen-bond acceptors (Lipinski definition) is 3. The molecule has 1 fully saturated rings. The molecule has 1 aliphatic heterocycles. The minimum Gasteiger partial charge on any atom is -0.497 e. The molecule has 1 saturated heterocycles. The number of piperidine rings is 1. The van der Waals surface area contributed by atoms with Crippen LogP contribution in [0, 0.1) is 6.92 Å². The summed E-state index contributed by atoms with van der Waals surface area (Å²) in [7, 11) is 3.81. The fourth-order valence-corrected chi connectivity index (χ4v) is 4.38. The first-order valence-corrected chi connectivity index (χ1v) is 9.57. The van der Waals surface area contributed by atoms with Crippen LogP contribution in [-0.4, -0.2) is 42.5 Å². The largest absolute Gasteiger partial charge is 0.497 e. The average molecular weight is 399 g/mol. The molecule has 0 radical (unpaired) electrons. The number of ether oxygens (including phenoxy) is 1. The third kappa shape index (κ3) is 3.54. The molecule has 1 unspecified atom stereocenters. The van der Waals surface area contributed by atoms with Crippen LogP contribution in [0.4, 0.5) is 0 Å². The number of carbonyl (C=O) groups is 1. The summed E-state index contributed by atoms with van der Waals surface area (Å²) in [5.41, 5.74) is 3.75. The van der Waals surface area contributed by atoms with E-state index in [-0.39, 0.29) is 18.2 Å². The van der Waals surface area contributed by atoms with E-state index in [4.69, 9.17) is 4.74 Å². The van der Waals surface area contributed by atoms with Crippen LogP contribution in [-0.2, 0) is 0 Å². The Kier molecular flexibility index (Phi) is 6.11. The first kappa shape index (κ1) is 20.4. The number of methoxy groups -OCH3 is 1. The van der Waals surface area contributed by atoms with E-state index in [0.29, 0.717) is 11.6 Å². The molecule has 2 heterocycles. The van der Waals surface area contributed by atoms with E-state index < -0.39 is 0 Å². The number of ketones is 1. The van der Waals surface area contributed by atoms with E-state index in [1.54, 1.807) is 7.11 Å². The predicted octanol–water partition coefficient (Wildman–Crippen LogP) is 4.88.